The second-order valence-corrected chi connectivity index (χ2v) is 8.00. The summed E-state index contributed by atoms with van der Waals surface area (Å²) < 4.78 is 5.64. The molecule has 2 amide bonds. The third kappa shape index (κ3) is 2.40. The van der Waals surface area contributed by atoms with Crippen LogP contribution in [0.15, 0.2) is 24.3 Å². The van der Waals surface area contributed by atoms with E-state index in [1.54, 1.807) is 16.7 Å². The number of carbonyl (C=O) groups excluding carboxylic acids is 2. The Morgan fingerprint density at radius 3 is 3.13 bits per heavy atom. The van der Waals surface area contributed by atoms with Crippen molar-refractivity contribution in [2.45, 2.75) is 43.1 Å². The van der Waals surface area contributed by atoms with Gasteiger partial charge in [-0.25, -0.2) is 0 Å². The van der Waals surface area contributed by atoms with Gasteiger partial charge in [-0.3, -0.25) is 9.59 Å². The van der Waals surface area contributed by atoms with Crippen LogP contribution in [-0.4, -0.2) is 40.0 Å². The van der Waals surface area contributed by atoms with Crippen molar-refractivity contribution in [1.29, 1.82) is 0 Å². The number of rotatable bonds is 2. The minimum atomic E-state index is -0.352. The molecule has 2 fully saturated rings. The summed E-state index contributed by atoms with van der Waals surface area (Å²) in [6, 6.07) is 7.43. The lowest BCUT2D eigenvalue weighted by atomic mass is 10.00. The maximum Gasteiger partial charge on any atom is 0.244 e. The SMILES string of the molecule is C[C@@]12CCC(=O)N1[C@@H](C(=O)N[C@@H]1CCOc3ccccc31)CS2. The highest BCUT2D eigenvalue weighted by molar-refractivity contribution is 8.01. The van der Waals surface area contributed by atoms with E-state index in [9.17, 15) is 9.59 Å². The molecule has 0 aromatic heterocycles. The van der Waals surface area contributed by atoms with Gasteiger partial charge in [0.25, 0.3) is 0 Å². The van der Waals surface area contributed by atoms with Crippen LogP contribution in [-0.2, 0) is 9.59 Å². The van der Waals surface area contributed by atoms with Gasteiger partial charge in [-0.2, -0.15) is 0 Å². The van der Waals surface area contributed by atoms with Crippen LogP contribution in [0.4, 0.5) is 0 Å². The molecule has 3 aliphatic rings. The lowest BCUT2D eigenvalue weighted by Crippen LogP contribution is -2.51. The van der Waals surface area contributed by atoms with Gasteiger partial charge in [0.15, 0.2) is 0 Å². The van der Waals surface area contributed by atoms with Gasteiger partial charge in [0, 0.05) is 24.2 Å². The molecule has 122 valence electrons. The molecule has 5 nitrogen and oxygen atoms in total. The van der Waals surface area contributed by atoms with E-state index in [0.717, 1.165) is 24.2 Å². The molecule has 3 atom stereocenters. The maximum absolute atomic E-state index is 12.8. The van der Waals surface area contributed by atoms with E-state index in [0.29, 0.717) is 18.8 Å². The standard InChI is InChI=1S/C17H20N2O3S/c1-17-8-6-15(20)19(17)13(10-23-17)16(21)18-12-7-9-22-14-5-3-2-4-11(12)14/h2-5,12-13H,6-10H2,1H3,(H,18,21)/t12-,13-,17-/m1/s1. The van der Waals surface area contributed by atoms with Gasteiger partial charge in [-0.1, -0.05) is 18.2 Å². The molecule has 6 heteroatoms. The van der Waals surface area contributed by atoms with Gasteiger partial charge in [0.05, 0.1) is 17.5 Å². The summed E-state index contributed by atoms with van der Waals surface area (Å²) in [7, 11) is 0. The number of para-hydroxylation sites is 1. The Kier molecular flexibility index (Phi) is 3.52. The first-order chi connectivity index (χ1) is 11.1. The number of nitrogens with one attached hydrogen (secondary N) is 1. The minimum absolute atomic E-state index is 0.0398. The van der Waals surface area contributed by atoms with Gasteiger partial charge in [0.1, 0.15) is 11.8 Å². The van der Waals surface area contributed by atoms with Crippen LogP contribution in [0, 0.1) is 0 Å². The summed E-state index contributed by atoms with van der Waals surface area (Å²) in [6.45, 7) is 2.67. The fraction of sp³-hybridized carbons (Fsp3) is 0.529. The lowest BCUT2D eigenvalue weighted by Gasteiger charge is -2.32. The maximum atomic E-state index is 12.8. The van der Waals surface area contributed by atoms with Crippen molar-refractivity contribution >= 4 is 23.6 Å². The second-order valence-electron chi connectivity index (χ2n) is 6.50. The van der Waals surface area contributed by atoms with E-state index in [-0.39, 0.29) is 28.8 Å². The van der Waals surface area contributed by atoms with Crippen molar-refractivity contribution < 1.29 is 14.3 Å². The third-order valence-corrected chi connectivity index (χ3v) is 6.53. The van der Waals surface area contributed by atoms with Gasteiger partial charge < -0.3 is 15.0 Å². The zero-order valence-electron chi connectivity index (χ0n) is 13.1. The molecule has 2 saturated heterocycles. The number of hydrogen-bond acceptors (Lipinski definition) is 4. The zero-order chi connectivity index (χ0) is 16.0. The number of ether oxygens (including phenoxy) is 1. The molecule has 1 aromatic carbocycles. The molecular formula is C17H20N2O3S. The normalized spacial score (nSPS) is 32.2. The Morgan fingerprint density at radius 2 is 2.26 bits per heavy atom. The first kappa shape index (κ1) is 14.9. The van der Waals surface area contributed by atoms with Gasteiger partial charge in [0.2, 0.25) is 11.8 Å². The van der Waals surface area contributed by atoms with Crippen molar-refractivity contribution in [3.63, 3.8) is 0 Å². The molecule has 23 heavy (non-hydrogen) atoms. The molecule has 0 unspecified atom stereocenters. The summed E-state index contributed by atoms with van der Waals surface area (Å²) in [6.07, 6.45) is 2.14. The van der Waals surface area contributed by atoms with Gasteiger partial charge >= 0.3 is 0 Å². The number of fused-ring (bicyclic) bond motifs is 2. The largest absolute Gasteiger partial charge is 0.493 e. The average molecular weight is 332 g/mol. The molecule has 0 radical (unpaired) electrons. The number of thioether (sulfide) groups is 1. The van der Waals surface area contributed by atoms with Crippen LogP contribution in [0.1, 0.15) is 37.8 Å². The van der Waals surface area contributed by atoms with Crippen molar-refractivity contribution in [2.75, 3.05) is 12.4 Å². The Labute approximate surface area is 139 Å². The Balaban J connectivity index is 1.52. The van der Waals surface area contributed by atoms with Crippen LogP contribution in [0.25, 0.3) is 0 Å². The topological polar surface area (TPSA) is 58.6 Å². The molecule has 1 aromatic rings. The Morgan fingerprint density at radius 1 is 1.43 bits per heavy atom. The van der Waals surface area contributed by atoms with Crippen molar-refractivity contribution in [3.8, 4) is 5.75 Å². The fourth-order valence-electron chi connectivity index (χ4n) is 3.77. The minimum Gasteiger partial charge on any atom is -0.493 e. The number of benzene rings is 1. The number of amides is 2. The summed E-state index contributed by atoms with van der Waals surface area (Å²) in [5.74, 6) is 1.58. The monoisotopic (exact) mass is 332 g/mol. The zero-order valence-corrected chi connectivity index (χ0v) is 13.9. The van der Waals surface area contributed by atoms with Crippen molar-refractivity contribution in [2.24, 2.45) is 0 Å². The highest BCUT2D eigenvalue weighted by Gasteiger charge is 2.53. The Bertz CT molecular complexity index is 665. The predicted molar refractivity (Wildman–Crippen MR) is 88.2 cm³/mol. The number of nitrogens with zero attached hydrogens (tertiary/aromatic N) is 1. The molecule has 0 spiro atoms. The summed E-state index contributed by atoms with van der Waals surface area (Å²) in [5.41, 5.74) is 1.02. The van der Waals surface area contributed by atoms with Crippen LogP contribution in [0.3, 0.4) is 0 Å². The van der Waals surface area contributed by atoms with Crippen molar-refractivity contribution in [3.05, 3.63) is 29.8 Å². The van der Waals surface area contributed by atoms with Crippen LogP contribution >= 0.6 is 11.8 Å². The molecule has 0 bridgehead atoms. The molecule has 3 aliphatic heterocycles. The van der Waals surface area contributed by atoms with E-state index in [2.05, 4.69) is 12.2 Å². The molecular weight excluding hydrogens is 312 g/mol. The van der Waals surface area contributed by atoms with Crippen LogP contribution < -0.4 is 10.1 Å². The van der Waals surface area contributed by atoms with E-state index in [1.165, 1.54) is 0 Å². The van der Waals surface area contributed by atoms with Gasteiger partial charge in [-0.05, 0) is 19.4 Å². The molecule has 1 N–H and O–H groups in total. The highest BCUT2D eigenvalue weighted by Crippen LogP contribution is 2.47. The fourth-order valence-corrected chi connectivity index (χ4v) is 5.21. The van der Waals surface area contributed by atoms with Crippen LogP contribution in [0.2, 0.25) is 0 Å². The molecule has 4 rings (SSSR count). The number of hydrogen-bond donors (Lipinski definition) is 1. The highest BCUT2D eigenvalue weighted by atomic mass is 32.2. The van der Waals surface area contributed by atoms with Crippen LogP contribution in [0.5, 0.6) is 5.75 Å². The lowest BCUT2D eigenvalue weighted by molar-refractivity contribution is -0.138. The first-order valence-corrected chi connectivity index (χ1v) is 9.05. The smallest absolute Gasteiger partial charge is 0.244 e. The van der Waals surface area contributed by atoms with Gasteiger partial charge in [-0.15, -0.1) is 11.8 Å². The molecule has 3 heterocycles. The van der Waals surface area contributed by atoms with Crippen molar-refractivity contribution in [1.82, 2.24) is 10.2 Å². The predicted octanol–water partition coefficient (Wildman–Crippen LogP) is 2.08. The molecule has 0 aliphatic carbocycles. The summed E-state index contributed by atoms with van der Waals surface area (Å²) >= 11 is 1.72. The molecule has 0 saturated carbocycles. The summed E-state index contributed by atoms with van der Waals surface area (Å²) in [5, 5.41) is 3.14. The summed E-state index contributed by atoms with van der Waals surface area (Å²) in [4.78, 5) is 26.6. The quantitative estimate of drug-likeness (QED) is 0.901. The first-order valence-electron chi connectivity index (χ1n) is 8.07. The number of carbonyl (C=O) groups is 2. The Hall–Kier alpha value is -1.69. The van der Waals surface area contributed by atoms with E-state index in [4.69, 9.17) is 4.74 Å². The second kappa shape index (κ2) is 5.44. The van der Waals surface area contributed by atoms with E-state index < -0.39 is 0 Å². The third-order valence-electron chi connectivity index (χ3n) is 5.02. The average Bonchev–Trinajstić information content (AvgIpc) is 3.04. The van der Waals surface area contributed by atoms with E-state index in [1.807, 2.05) is 24.3 Å². The van der Waals surface area contributed by atoms with E-state index >= 15 is 0 Å².